The normalized spacial score (nSPS) is 13.5. The zero-order valence-corrected chi connectivity index (χ0v) is 20.2. The first-order valence-electron chi connectivity index (χ1n) is 10.5. The van der Waals surface area contributed by atoms with Gasteiger partial charge in [0.2, 0.25) is 21.9 Å². The van der Waals surface area contributed by atoms with E-state index in [0.717, 1.165) is 6.26 Å². The van der Waals surface area contributed by atoms with Gasteiger partial charge >= 0.3 is 0 Å². The molecule has 0 spiro atoms. The Bertz CT molecular complexity index is 1080. The first-order chi connectivity index (χ1) is 15.4. The Morgan fingerprint density at radius 3 is 2.36 bits per heavy atom. The Balaban J connectivity index is 2.32. The number of halogens is 1. The molecule has 10 nitrogen and oxygen atoms in total. The van der Waals surface area contributed by atoms with Crippen molar-refractivity contribution in [2.24, 2.45) is 5.92 Å². The van der Waals surface area contributed by atoms with Crippen LogP contribution in [0.5, 0.6) is 0 Å². The highest BCUT2D eigenvalue weighted by Crippen LogP contribution is 2.23. The van der Waals surface area contributed by atoms with E-state index in [0.29, 0.717) is 17.9 Å². The SMILES string of the molecule is CNC(=O)c1ccc(C(C)Cc2nc(NC(CO)CC(C)C)nc(NS(C)(=O)=O)n2)cc1F. The number of nitrogens with zero attached hydrogens (tertiary/aromatic N) is 3. The second-order valence-electron chi connectivity index (χ2n) is 8.35. The van der Waals surface area contributed by atoms with E-state index in [4.69, 9.17) is 0 Å². The highest BCUT2D eigenvalue weighted by atomic mass is 32.2. The van der Waals surface area contributed by atoms with E-state index in [1.807, 2.05) is 20.8 Å². The summed E-state index contributed by atoms with van der Waals surface area (Å²) in [6.45, 7) is 5.71. The smallest absolute Gasteiger partial charge is 0.253 e. The van der Waals surface area contributed by atoms with Crippen LogP contribution in [0.15, 0.2) is 18.2 Å². The molecule has 0 bridgehead atoms. The molecule has 33 heavy (non-hydrogen) atoms. The van der Waals surface area contributed by atoms with Crippen LogP contribution in [-0.4, -0.2) is 60.3 Å². The van der Waals surface area contributed by atoms with Crippen molar-refractivity contribution in [1.82, 2.24) is 20.3 Å². The minimum Gasteiger partial charge on any atom is -0.394 e. The van der Waals surface area contributed by atoms with Crippen molar-refractivity contribution in [2.45, 2.75) is 45.6 Å². The first-order valence-corrected chi connectivity index (χ1v) is 12.4. The van der Waals surface area contributed by atoms with Crippen LogP contribution in [-0.2, 0) is 16.4 Å². The molecule has 0 radical (unpaired) electrons. The van der Waals surface area contributed by atoms with E-state index in [2.05, 4.69) is 30.3 Å². The molecule has 2 aromatic rings. The zero-order valence-electron chi connectivity index (χ0n) is 19.4. The molecule has 0 saturated carbocycles. The Morgan fingerprint density at radius 2 is 1.82 bits per heavy atom. The largest absolute Gasteiger partial charge is 0.394 e. The number of benzene rings is 1. The van der Waals surface area contributed by atoms with Crippen LogP contribution in [0, 0.1) is 11.7 Å². The van der Waals surface area contributed by atoms with Crippen molar-refractivity contribution in [3.63, 3.8) is 0 Å². The lowest BCUT2D eigenvalue weighted by Crippen LogP contribution is -2.27. The molecule has 0 saturated heterocycles. The fourth-order valence-corrected chi connectivity index (χ4v) is 3.69. The maximum absolute atomic E-state index is 14.4. The maximum Gasteiger partial charge on any atom is 0.253 e. The minimum atomic E-state index is -3.63. The monoisotopic (exact) mass is 482 g/mol. The third kappa shape index (κ3) is 8.21. The van der Waals surface area contributed by atoms with E-state index >= 15 is 0 Å². The first kappa shape index (κ1) is 26.4. The molecule has 1 aromatic carbocycles. The molecule has 0 fully saturated rings. The maximum atomic E-state index is 14.4. The van der Waals surface area contributed by atoms with E-state index in [1.165, 1.54) is 19.2 Å². The van der Waals surface area contributed by atoms with E-state index < -0.39 is 21.7 Å². The predicted molar refractivity (Wildman–Crippen MR) is 124 cm³/mol. The second-order valence-corrected chi connectivity index (χ2v) is 10.1. The zero-order chi connectivity index (χ0) is 24.8. The summed E-state index contributed by atoms with van der Waals surface area (Å²) in [4.78, 5) is 24.4. The lowest BCUT2D eigenvalue weighted by Gasteiger charge is -2.19. The van der Waals surface area contributed by atoms with Gasteiger partial charge in [0.1, 0.15) is 11.6 Å². The Morgan fingerprint density at radius 1 is 1.15 bits per heavy atom. The summed E-state index contributed by atoms with van der Waals surface area (Å²) in [6, 6.07) is 4.03. The molecule has 0 aliphatic carbocycles. The van der Waals surface area contributed by atoms with Crippen molar-refractivity contribution >= 4 is 27.8 Å². The van der Waals surface area contributed by atoms with Crippen LogP contribution in [0.25, 0.3) is 0 Å². The second kappa shape index (κ2) is 11.3. The molecule has 2 atom stereocenters. The number of carbonyl (C=O) groups is 1. The molecule has 0 aliphatic heterocycles. The van der Waals surface area contributed by atoms with E-state index in [1.54, 1.807) is 6.07 Å². The summed E-state index contributed by atoms with van der Waals surface area (Å²) < 4.78 is 40.0. The summed E-state index contributed by atoms with van der Waals surface area (Å²) in [7, 11) is -2.21. The number of aliphatic hydroxyl groups is 1. The number of hydrogen-bond donors (Lipinski definition) is 4. The summed E-state index contributed by atoms with van der Waals surface area (Å²) in [5.41, 5.74) is 0.570. The van der Waals surface area contributed by atoms with Gasteiger partial charge in [-0.25, -0.2) is 12.8 Å². The minimum absolute atomic E-state index is 0.0556. The quantitative estimate of drug-likeness (QED) is 0.380. The highest BCUT2D eigenvalue weighted by molar-refractivity contribution is 7.91. The summed E-state index contributed by atoms with van der Waals surface area (Å²) in [6.07, 6.45) is 1.89. The molecule has 2 rings (SSSR count). The van der Waals surface area contributed by atoms with Crippen LogP contribution in [0.1, 0.15) is 54.9 Å². The van der Waals surface area contributed by atoms with Crippen molar-refractivity contribution in [3.8, 4) is 0 Å². The number of nitrogens with one attached hydrogen (secondary N) is 3. The van der Waals surface area contributed by atoms with Crippen molar-refractivity contribution in [2.75, 3.05) is 29.9 Å². The fourth-order valence-electron chi connectivity index (χ4n) is 3.27. The van der Waals surface area contributed by atoms with Crippen LogP contribution in [0.3, 0.4) is 0 Å². The predicted octanol–water partition coefficient (Wildman–Crippen LogP) is 1.91. The number of aliphatic hydroxyl groups excluding tert-OH is 1. The molecule has 1 amide bonds. The Hall–Kier alpha value is -2.86. The van der Waals surface area contributed by atoms with Gasteiger partial charge in [0, 0.05) is 13.5 Å². The van der Waals surface area contributed by atoms with Crippen LogP contribution < -0.4 is 15.4 Å². The van der Waals surface area contributed by atoms with Gasteiger partial charge in [-0.3, -0.25) is 9.52 Å². The van der Waals surface area contributed by atoms with Gasteiger partial charge in [-0.15, -0.1) is 0 Å². The molecule has 0 aliphatic rings. The molecule has 1 heterocycles. The Labute approximate surface area is 193 Å². The number of anilines is 2. The number of hydrogen-bond acceptors (Lipinski definition) is 8. The van der Waals surface area contributed by atoms with Gasteiger partial charge in [-0.05, 0) is 36.0 Å². The number of aromatic nitrogens is 3. The molecule has 2 unspecified atom stereocenters. The van der Waals surface area contributed by atoms with Gasteiger partial charge in [0.25, 0.3) is 5.91 Å². The number of carbonyl (C=O) groups excluding carboxylic acids is 1. The van der Waals surface area contributed by atoms with Crippen LogP contribution in [0.4, 0.5) is 16.3 Å². The number of rotatable bonds is 11. The van der Waals surface area contributed by atoms with Gasteiger partial charge in [-0.2, -0.15) is 15.0 Å². The molecular weight excluding hydrogens is 451 g/mol. The molecule has 4 N–H and O–H groups in total. The fraction of sp³-hybridized carbons (Fsp3) is 0.524. The third-order valence-electron chi connectivity index (χ3n) is 4.79. The third-order valence-corrected chi connectivity index (χ3v) is 5.34. The number of amides is 1. The van der Waals surface area contributed by atoms with E-state index in [-0.39, 0.29) is 48.3 Å². The lowest BCUT2D eigenvalue weighted by molar-refractivity contribution is 0.0959. The topological polar surface area (TPSA) is 146 Å². The van der Waals surface area contributed by atoms with E-state index in [9.17, 15) is 22.7 Å². The van der Waals surface area contributed by atoms with Gasteiger partial charge in [0.15, 0.2) is 0 Å². The summed E-state index contributed by atoms with van der Waals surface area (Å²) >= 11 is 0. The Kier molecular flexibility index (Phi) is 9.06. The lowest BCUT2D eigenvalue weighted by atomic mass is 9.96. The van der Waals surface area contributed by atoms with Crippen molar-refractivity contribution in [3.05, 3.63) is 41.0 Å². The summed E-state index contributed by atoms with van der Waals surface area (Å²) in [5, 5.41) is 15.1. The molecule has 1 aromatic heterocycles. The van der Waals surface area contributed by atoms with Gasteiger partial charge < -0.3 is 15.7 Å². The number of sulfonamides is 1. The average Bonchev–Trinajstić information content (AvgIpc) is 2.70. The average molecular weight is 483 g/mol. The van der Waals surface area contributed by atoms with Crippen LogP contribution >= 0.6 is 0 Å². The molecule has 12 heteroatoms. The summed E-state index contributed by atoms with van der Waals surface area (Å²) in [5.74, 6) is -0.852. The van der Waals surface area contributed by atoms with Crippen LogP contribution in [0.2, 0.25) is 0 Å². The standard InChI is InChI=1S/C21H31FN6O4S/c1-12(2)8-15(11-29)24-20-25-18(26-21(27-20)28-33(5,31)32)9-13(3)14-6-7-16(17(22)10-14)19(30)23-4/h6-7,10,12-13,15,29H,8-9,11H2,1-5H3,(H,23,30)(H2,24,25,26,27,28). The van der Waals surface area contributed by atoms with Crippen molar-refractivity contribution < 1.29 is 22.7 Å². The molecular formula is C21H31FN6O4S. The van der Waals surface area contributed by atoms with Crippen molar-refractivity contribution in [1.29, 1.82) is 0 Å². The molecule has 182 valence electrons. The van der Waals surface area contributed by atoms with Gasteiger partial charge in [-0.1, -0.05) is 26.8 Å². The highest BCUT2D eigenvalue weighted by Gasteiger charge is 2.18. The van der Waals surface area contributed by atoms with Gasteiger partial charge in [0.05, 0.1) is 24.5 Å².